The highest BCUT2D eigenvalue weighted by Crippen LogP contribution is 2.41. The number of hydrogen-bond donors (Lipinski definition) is 1. The molecule has 2 unspecified atom stereocenters. The van der Waals surface area contributed by atoms with Gasteiger partial charge in [-0.25, -0.2) is 9.37 Å². The summed E-state index contributed by atoms with van der Waals surface area (Å²) >= 11 is 1.25. The van der Waals surface area contributed by atoms with Crippen LogP contribution in [0, 0.1) is 15.9 Å². The Kier molecular flexibility index (Phi) is 4.41. The molecule has 3 aromatic rings. The van der Waals surface area contributed by atoms with Crippen LogP contribution < -0.4 is 5.32 Å². The zero-order chi connectivity index (χ0) is 19.0. The van der Waals surface area contributed by atoms with Crippen molar-refractivity contribution in [2.24, 2.45) is 0 Å². The molecule has 4 rings (SSSR count). The SMILES string of the molecule is O=C(NC1CC1c1cccc(F)c1)c1csc(-c2cccc([N+](=O)[O-])c2)n1. The average molecular weight is 383 g/mol. The summed E-state index contributed by atoms with van der Waals surface area (Å²) in [6.45, 7) is 0. The van der Waals surface area contributed by atoms with E-state index < -0.39 is 4.92 Å². The van der Waals surface area contributed by atoms with Gasteiger partial charge < -0.3 is 5.32 Å². The third kappa shape index (κ3) is 3.70. The number of carbonyl (C=O) groups is 1. The van der Waals surface area contributed by atoms with E-state index in [0.29, 0.717) is 10.6 Å². The maximum absolute atomic E-state index is 13.3. The predicted molar refractivity (Wildman–Crippen MR) is 99.2 cm³/mol. The van der Waals surface area contributed by atoms with Crippen molar-refractivity contribution in [3.8, 4) is 10.6 Å². The monoisotopic (exact) mass is 383 g/mol. The van der Waals surface area contributed by atoms with E-state index in [1.165, 1.54) is 35.6 Å². The number of nitro benzene ring substituents is 1. The highest BCUT2D eigenvalue weighted by Gasteiger charge is 2.40. The highest BCUT2D eigenvalue weighted by atomic mass is 32.1. The van der Waals surface area contributed by atoms with Gasteiger partial charge in [-0.3, -0.25) is 14.9 Å². The number of hydrogen-bond acceptors (Lipinski definition) is 5. The number of carbonyl (C=O) groups excluding carboxylic acids is 1. The quantitative estimate of drug-likeness (QED) is 0.530. The molecule has 1 N–H and O–H groups in total. The first-order valence-electron chi connectivity index (χ1n) is 8.28. The molecule has 1 amide bonds. The minimum Gasteiger partial charge on any atom is -0.347 e. The van der Waals surface area contributed by atoms with Gasteiger partial charge in [0.25, 0.3) is 11.6 Å². The molecule has 0 bridgehead atoms. The molecule has 1 aliphatic rings. The molecular weight excluding hydrogens is 369 g/mol. The van der Waals surface area contributed by atoms with Crippen molar-refractivity contribution < 1.29 is 14.1 Å². The van der Waals surface area contributed by atoms with Crippen LogP contribution in [0.25, 0.3) is 10.6 Å². The van der Waals surface area contributed by atoms with E-state index in [-0.39, 0.29) is 35.1 Å². The van der Waals surface area contributed by atoms with Crippen LogP contribution in [0.3, 0.4) is 0 Å². The Morgan fingerprint density at radius 1 is 1.26 bits per heavy atom. The summed E-state index contributed by atoms with van der Waals surface area (Å²) in [5.74, 6) is -0.475. The largest absolute Gasteiger partial charge is 0.347 e. The second-order valence-electron chi connectivity index (χ2n) is 6.32. The Labute approximate surface area is 157 Å². The molecular formula is C19H14FN3O3S. The Hall–Kier alpha value is -3.13. The van der Waals surface area contributed by atoms with Crippen LogP contribution in [0.1, 0.15) is 28.4 Å². The first kappa shape index (κ1) is 17.3. The van der Waals surface area contributed by atoms with Gasteiger partial charge in [-0.15, -0.1) is 11.3 Å². The normalized spacial score (nSPS) is 18.1. The second-order valence-corrected chi connectivity index (χ2v) is 7.18. The minimum absolute atomic E-state index is 0.0235. The molecule has 2 aromatic carbocycles. The average Bonchev–Trinajstić information content (AvgIpc) is 3.24. The van der Waals surface area contributed by atoms with E-state index in [9.17, 15) is 19.3 Å². The highest BCUT2D eigenvalue weighted by molar-refractivity contribution is 7.13. The lowest BCUT2D eigenvalue weighted by Gasteiger charge is -2.03. The lowest BCUT2D eigenvalue weighted by molar-refractivity contribution is -0.384. The molecule has 2 atom stereocenters. The van der Waals surface area contributed by atoms with Crippen LogP contribution in [-0.2, 0) is 0 Å². The zero-order valence-electron chi connectivity index (χ0n) is 14.0. The molecule has 1 saturated carbocycles. The van der Waals surface area contributed by atoms with Crippen LogP contribution in [0.5, 0.6) is 0 Å². The molecule has 0 radical (unpaired) electrons. The Balaban J connectivity index is 1.44. The van der Waals surface area contributed by atoms with Crippen LogP contribution in [0.4, 0.5) is 10.1 Å². The van der Waals surface area contributed by atoms with E-state index in [1.807, 2.05) is 6.07 Å². The van der Waals surface area contributed by atoms with Crippen LogP contribution in [0.15, 0.2) is 53.9 Å². The number of amides is 1. The van der Waals surface area contributed by atoms with E-state index in [2.05, 4.69) is 10.3 Å². The fourth-order valence-electron chi connectivity index (χ4n) is 2.97. The summed E-state index contributed by atoms with van der Waals surface area (Å²) in [7, 11) is 0. The maximum Gasteiger partial charge on any atom is 0.271 e. The van der Waals surface area contributed by atoms with Gasteiger partial charge in [0.05, 0.1) is 4.92 Å². The lowest BCUT2D eigenvalue weighted by atomic mass is 10.1. The first-order chi connectivity index (χ1) is 13.0. The van der Waals surface area contributed by atoms with Crippen LogP contribution >= 0.6 is 11.3 Å². The van der Waals surface area contributed by atoms with Crippen molar-refractivity contribution in [2.75, 3.05) is 0 Å². The molecule has 1 fully saturated rings. The number of aromatic nitrogens is 1. The molecule has 1 aromatic heterocycles. The zero-order valence-corrected chi connectivity index (χ0v) is 14.8. The first-order valence-corrected chi connectivity index (χ1v) is 9.16. The van der Waals surface area contributed by atoms with Gasteiger partial charge in [-0.2, -0.15) is 0 Å². The van der Waals surface area contributed by atoms with Gasteiger partial charge in [0, 0.05) is 35.0 Å². The Morgan fingerprint density at radius 2 is 2.07 bits per heavy atom. The van der Waals surface area contributed by atoms with Gasteiger partial charge >= 0.3 is 0 Å². The van der Waals surface area contributed by atoms with E-state index in [1.54, 1.807) is 23.6 Å². The molecule has 6 nitrogen and oxygen atoms in total. The van der Waals surface area contributed by atoms with E-state index in [0.717, 1.165) is 12.0 Å². The summed E-state index contributed by atoms with van der Waals surface area (Å²) in [6, 6.07) is 12.5. The predicted octanol–water partition coefficient (Wildman–Crippen LogP) is 4.14. The molecule has 1 aliphatic carbocycles. The van der Waals surface area contributed by atoms with Gasteiger partial charge in [0.1, 0.15) is 16.5 Å². The van der Waals surface area contributed by atoms with Crippen molar-refractivity contribution in [3.05, 3.63) is 81.1 Å². The van der Waals surface area contributed by atoms with Crippen molar-refractivity contribution in [3.63, 3.8) is 0 Å². The number of nitrogens with one attached hydrogen (secondary N) is 1. The van der Waals surface area contributed by atoms with Crippen molar-refractivity contribution >= 4 is 22.9 Å². The third-order valence-electron chi connectivity index (χ3n) is 4.42. The molecule has 0 saturated heterocycles. The fraction of sp³-hybridized carbons (Fsp3) is 0.158. The van der Waals surface area contributed by atoms with Gasteiger partial charge in [0.2, 0.25) is 0 Å². The lowest BCUT2D eigenvalue weighted by Crippen LogP contribution is -2.26. The Morgan fingerprint density at radius 3 is 2.85 bits per heavy atom. The van der Waals surface area contributed by atoms with Crippen molar-refractivity contribution in [2.45, 2.75) is 18.4 Å². The van der Waals surface area contributed by atoms with Gasteiger partial charge in [-0.05, 0) is 24.1 Å². The number of nitro groups is 1. The molecule has 0 aliphatic heterocycles. The standard InChI is InChI=1S/C19H14FN3O3S/c20-13-5-1-3-11(7-13)15-9-16(15)21-18(24)17-10-27-19(22-17)12-4-2-6-14(8-12)23(25)26/h1-8,10,15-16H,9H2,(H,21,24). The summed E-state index contributed by atoms with van der Waals surface area (Å²) in [4.78, 5) is 27.1. The van der Waals surface area contributed by atoms with E-state index in [4.69, 9.17) is 0 Å². The molecule has 27 heavy (non-hydrogen) atoms. The van der Waals surface area contributed by atoms with Gasteiger partial charge in [0.15, 0.2) is 0 Å². The van der Waals surface area contributed by atoms with Crippen molar-refractivity contribution in [1.82, 2.24) is 10.3 Å². The number of nitrogens with zero attached hydrogens (tertiary/aromatic N) is 2. The Bertz CT molecular complexity index is 1040. The van der Waals surface area contributed by atoms with Crippen LogP contribution in [0.2, 0.25) is 0 Å². The number of non-ortho nitro benzene ring substituents is 1. The van der Waals surface area contributed by atoms with Crippen molar-refractivity contribution in [1.29, 1.82) is 0 Å². The topological polar surface area (TPSA) is 85.1 Å². The number of thiazole rings is 1. The summed E-state index contributed by atoms with van der Waals surface area (Å²) < 4.78 is 13.3. The molecule has 8 heteroatoms. The van der Waals surface area contributed by atoms with Gasteiger partial charge in [-0.1, -0.05) is 24.3 Å². The smallest absolute Gasteiger partial charge is 0.271 e. The maximum atomic E-state index is 13.3. The summed E-state index contributed by atoms with van der Waals surface area (Å²) in [5, 5.41) is 16.0. The second kappa shape index (κ2) is 6.88. The van der Waals surface area contributed by atoms with E-state index >= 15 is 0 Å². The molecule has 136 valence electrons. The number of benzene rings is 2. The van der Waals surface area contributed by atoms with Crippen LogP contribution in [-0.4, -0.2) is 21.9 Å². The minimum atomic E-state index is -0.468. The number of rotatable bonds is 5. The third-order valence-corrected chi connectivity index (χ3v) is 5.32. The fourth-order valence-corrected chi connectivity index (χ4v) is 3.76. The molecule has 1 heterocycles. The summed E-state index contributed by atoms with van der Waals surface area (Å²) in [5.41, 5.74) is 1.71. The molecule has 0 spiro atoms. The number of halogens is 1. The summed E-state index contributed by atoms with van der Waals surface area (Å²) in [6.07, 6.45) is 0.761.